The fourth-order valence-electron chi connectivity index (χ4n) is 1.66. The molecule has 90 valence electrons. The number of carbonyl (C=O) groups is 2. The van der Waals surface area contributed by atoms with E-state index in [2.05, 4.69) is 10.6 Å². The number of amides is 3. The number of nitrogens with zero attached hydrogens (tertiary/aromatic N) is 1. The lowest BCUT2D eigenvalue weighted by Gasteiger charge is -2.15. The minimum atomic E-state index is -0.269. The topological polar surface area (TPSA) is 61.4 Å². The van der Waals surface area contributed by atoms with Gasteiger partial charge in [-0.05, 0) is 18.2 Å². The summed E-state index contributed by atoms with van der Waals surface area (Å²) < 4.78 is 0. The molecule has 6 heteroatoms. The van der Waals surface area contributed by atoms with Crippen LogP contribution in [0, 0.1) is 0 Å². The second-order valence-electron chi connectivity index (χ2n) is 3.62. The first-order chi connectivity index (χ1) is 8.20. The van der Waals surface area contributed by atoms with Crippen molar-refractivity contribution in [1.29, 1.82) is 0 Å². The van der Waals surface area contributed by atoms with Gasteiger partial charge < -0.3 is 10.6 Å². The summed E-state index contributed by atoms with van der Waals surface area (Å²) in [5, 5.41) is 5.36. The maximum Gasteiger partial charge on any atom is 0.321 e. The molecule has 0 aliphatic carbocycles. The summed E-state index contributed by atoms with van der Waals surface area (Å²) in [5.74, 6) is -0.358. The van der Waals surface area contributed by atoms with Crippen molar-refractivity contribution in [3.8, 4) is 0 Å². The molecule has 1 fully saturated rings. The van der Waals surface area contributed by atoms with Gasteiger partial charge in [0.1, 0.15) is 5.88 Å². The number of rotatable bonds is 3. The Morgan fingerprint density at radius 1 is 1.53 bits per heavy atom. The van der Waals surface area contributed by atoms with Gasteiger partial charge in [0.15, 0.2) is 0 Å². The molecule has 0 spiro atoms. The van der Waals surface area contributed by atoms with Crippen molar-refractivity contribution in [3.05, 3.63) is 24.3 Å². The van der Waals surface area contributed by atoms with Gasteiger partial charge in [-0.1, -0.05) is 6.07 Å². The van der Waals surface area contributed by atoms with Gasteiger partial charge in [-0.15, -0.1) is 11.6 Å². The van der Waals surface area contributed by atoms with Crippen LogP contribution in [0.2, 0.25) is 0 Å². The van der Waals surface area contributed by atoms with Crippen LogP contribution in [0.4, 0.5) is 16.2 Å². The summed E-state index contributed by atoms with van der Waals surface area (Å²) in [6.45, 7) is 1.27. The predicted octanol–water partition coefficient (Wildman–Crippen LogP) is 1.39. The van der Waals surface area contributed by atoms with Crippen LogP contribution in [0.1, 0.15) is 0 Å². The number of hydrogen-bond acceptors (Lipinski definition) is 2. The third-order valence-electron chi connectivity index (χ3n) is 2.42. The van der Waals surface area contributed by atoms with Crippen LogP contribution in [-0.2, 0) is 4.79 Å². The van der Waals surface area contributed by atoms with Crippen molar-refractivity contribution in [1.82, 2.24) is 5.32 Å². The van der Waals surface area contributed by atoms with Crippen LogP contribution in [0.5, 0.6) is 0 Å². The maximum absolute atomic E-state index is 11.5. The molecule has 0 saturated carbocycles. The highest BCUT2D eigenvalue weighted by molar-refractivity contribution is 6.29. The Morgan fingerprint density at radius 2 is 2.35 bits per heavy atom. The molecule has 1 heterocycles. The van der Waals surface area contributed by atoms with Crippen molar-refractivity contribution in [3.63, 3.8) is 0 Å². The van der Waals surface area contributed by atoms with Crippen LogP contribution in [0.3, 0.4) is 0 Å². The van der Waals surface area contributed by atoms with Crippen LogP contribution in [0.15, 0.2) is 24.3 Å². The highest BCUT2D eigenvalue weighted by atomic mass is 35.5. The Bertz CT molecular complexity index is 450. The van der Waals surface area contributed by atoms with Crippen molar-refractivity contribution in [2.45, 2.75) is 0 Å². The Morgan fingerprint density at radius 3 is 3.00 bits per heavy atom. The lowest BCUT2D eigenvalue weighted by Crippen LogP contribution is -2.27. The molecule has 0 bridgehead atoms. The fourth-order valence-corrected chi connectivity index (χ4v) is 1.73. The molecule has 0 aromatic heterocycles. The van der Waals surface area contributed by atoms with Crippen LogP contribution < -0.4 is 15.5 Å². The molecule has 0 radical (unpaired) electrons. The molecular weight excluding hydrogens is 242 g/mol. The number of hydrogen-bond donors (Lipinski definition) is 2. The van der Waals surface area contributed by atoms with E-state index in [0.717, 1.165) is 5.69 Å². The van der Waals surface area contributed by atoms with Gasteiger partial charge in [0, 0.05) is 24.5 Å². The third-order valence-corrected chi connectivity index (χ3v) is 2.66. The van der Waals surface area contributed by atoms with Crippen molar-refractivity contribution in [2.75, 3.05) is 29.2 Å². The Balaban J connectivity index is 2.16. The van der Waals surface area contributed by atoms with E-state index < -0.39 is 0 Å². The van der Waals surface area contributed by atoms with E-state index in [9.17, 15) is 9.59 Å². The molecule has 1 aliphatic rings. The summed E-state index contributed by atoms with van der Waals surface area (Å²) >= 11 is 5.41. The standard InChI is InChI=1S/C11H12ClN3O2/c12-7-10(16)14-8-2-1-3-9(6-8)15-5-4-13-11(15)17/h1-3,6H,4-5,7H2,(H,13,17)(H,14,16). The normalized spacial score (nSPS) is 14.6. The third kappa shape index (κ3) is 2.68. The minimum absolute atomic E-state index is 0.0889. The SMILES string of the molecule is O=C(CCl)Nc1cccc(N2CCNC2=O)c1. The second kappa shape index (κ2) is 5.05. The van der Waals surface area contributed by atoms with E-state index in [1.165, 1.54) is 0 Å². The number of nitrogens with one attached hydrogen (secondary N) is 2. The molecule has 17 heavy (non-hydrogen) atoms. The number of benzene rings is 1. The predicted molar refractivity (Wildman–Crippen MR) is 66.5 cm³/mol. The van der Waals surface area contributed by atoms with Gasteiger partial charge in [0.25, 0.3) is 0 Å². The van der Waals surface area contributed by atoms with E-state index in [0.29, 0.717) is 18.8 Å². The quantitative estimate of drug-likeness (QED) is 0.800. The first kappa shape index (κ1) is 11.7. The smallest absolute Gasteiger partial charge is 0.321 e. The van der Waals surface area contributed by atoms with E-state index in [-0.39, 0.29) is 17.8 Å². The lowest BCUT2D eigenvalue weighted by molar-refractivity contribution is -0.113. The van der Waals surface area contributed by atoms with E-state index in [1.54, 1.807) is 23.1 Å². The van der Waals surface area contributed by atoms with Gasteiger partial charge in [-0.3, -0.25) is 9.69 Å². The van der Waals surface area contributed by atoms with Crippen LogP contribution in [0.25, 0.3) is 0 Å². The van der Waals surface area contributed by atoms with E-state index in [4.69, 9.17) is 11.6 Å². The van der Waals surface area contributed by atoms with Gasteiger partial charge >= 0.3 is 6.03 Å². The zero-order chi connectivity index (χ0) is 12.3. The highest BCUT2D eigenvalue weighted by Crippen LogP contribution is 2.20. The monoisotopic (exact) mass is 253 g/mol. The lowest BCUT2D eigenvalue weighted by atomic mass is 10.2. The highest BCUT2D eigenvalue weighted by Gasteiger charge is 2.21. The van der Waals surface area contributed by atoms with Gasteiger partial charge in [0.2, 0.25) is 5.91 Å². The van der Waals surface area contributed by atoms with Crippen molar-refractivity contribution in [2.24, 2.45) is 0 Å². The van der Waals surface area contributed by atoms with E-state index >= 15 is 0 Å². The molecule has 2 rings (SSSR count). The molecule has 1 saturated heterocycles. The number of alkyl halides is 1. The van der Waals surface area contributed by atoms with E-state index in [1.807, 2.05) is 6.07 Å². The summed E-state index contributed by atoms with van der Waals surface area (Å²) in [5.41, 5.74) is 1.39. The van der Waals surface area contributed by atoms with Crippen LogP contribution >= 0.6 is 11.6 Å². The Hall–Kier alpha value is -1.75. The first-order valence-corrected chi connectivity index (χ1v) is 5.75. The van der Waals surface area contributed by atoms with Gasteiger partial charge in [-0.2, -0.15) is 0 Å². The molecule has 0 atom stereocenters. The van der Waals surface area contributed by atoms with Gasteiger partial charge in [-0.25, -0.2) is 4.79 Å². The maximum atomic E-state index is 11.5. The zero-order valence-corrected chi connectivity index (χ0v) is 9.83. The molecular formula is C11H12ClN3O2. The Labute approximate surface area is 104 Å². The second-order valence-corrected chi connectivity index (χ2v) is 3.88. The Kier molecular flexibility index (Phi) is 3.49. The first-order valence-electron chi connectivity index (χ1n) is 5.22. The summed E-state index contributed by atoms with van der Waals surface area (Å²) in [4.78, 5) is 24.2. The molecule has 1 aliphatic heterocycles. The average Bonchev–Trinajstić information content (AvgIpc) is 2.75. The number of urea groups is 1. The molecule has 1 aromatic rings. The number of carbonyl (C=O) groups excluding carboxylic acids is 2. The van der Waals surface area contributed by atoms with Crippen LogP contribution in [-0.4, -0.2) is 30.9 Å². The van der Waals surface area contributed by atoms with Crippen molar-refractivity contribution < 1.29 is 9.59 Å². The van der Waals surface area contributed by atoms with Crippen molar-refractivity contribution >= 4 is 34.9 Å². The number of halogens is 1. The molecule has 5 nitrogen and oxygen atoms in total. The summed E-state index contributed by atoms with van der Waals surface area (Å²) in [6, 6.07) is 6.98. The summed E-state index contributed by atoms with van der Waals surface area (Å²) in [7, 11) is 0. The zero-order valence-electron chi connectivity index (χ0n) is 9.07. The molecule has 0 unspecified atom stereocenters. The minimum Gasteiger partial charge on any atom is -0.336 e. The van der Waals surface area contributed by atoms with Gasteiger partial charge in [0.05, 0.1) is 0 Å². The largest absolute Gasteiger partial charge is 0.336 e. The average molecular weight is 254 g/mol. The molecule has 3 amide bonds. The fraction of sp³-hybridized carbons (Fsp3) is 0.273. The number of anilines is 2. The molecule has 1 aromatic carbocycles. The molecule has 2 N–H and O–H groups in total. The summed E-state index contributed by atoms with van der Waals surface area (Å²) in [6.07, 6.45) is 0.